The fraction of sp³-hybridized carbons (Fsp3) is 0.579. The first-order valence-electron chi connectivity index (χ1n) is 8.84. The van der Waals surface area contributed by atoms with Crippen LogP contribution < -0.4 is 0 Å². The molecule has 0 spiro atoms. The highest BCUT2D eigenvalue weighted by Crippen LogP contribution is 2.54. The Labute approximate surface area is 135 Å². The van der Waals surface area contributed by atoms with Gasteiger partial charge in [0.2, 0.25) is 0 Å². The summed E-state index contributed by atoms with van der Waals surface area (Å²) in [6, 6.07) is 7.63. The van der Waals surface area contributed by atoms with Crippen LogP contribution >= 0.6 is 0 Å². The van der Waals surface area contributed by atoms with E-state index in [4.69, 9.17) is 5.10 Å². The zero-order chi connectivity index (χ0) is 15.7. The molecular weight excluding hydrogens is 289 g/mol. The number of rotatable bonds is 4. The molecule has 23 heavy (non-hydrogen) atoms. The van der Waals surface area contributed by atoms with Crippen molar-refractivity contribution in [2.75, 3.05) is 0 Å². The highest BCUT2D eigenvalue weighted by atomic mass is 19.1. The van der Waals surface area contributed by atoms with Crippen LogP contribution in [0, 0.1) is 5.82 Å². The Hall–Kier alpha value is -1.71. The van der Waals surface area contributed by atoms with Crippen molar-refractivity contribution in [2.24, 2.45) is 0 Å². The second-order valence-corrected chi connectivity index (χ2v) is 7.95. The molecule has 3 aliphatic rings. The molecule has 0 unspecified atom stereocenters. The van der Waals surface area contributed by atoms with E-state index in [1.165, 1.54) is 43.5 Å². The third-order valence-corrected chi connectivity index (χ3v) is 6.18. The third kappa shape index (κ3) is 1.93. The lowest BCUT2D eigenvalue weighted by atomic mass is 9.63. The van der Waals surface area contributed by atoms with Gasteiger partial charge >= 0.3 is 0 Å². The summed E-state index contributed by atoms with van der Waals surface area (Å²) < 4.78 is 15.8. The monoisotopic (exact) mass is 311 g/mol. The minimum absolute atomic E-state index is 0.0488. The van der Waals surface area contributed by atoms with E-state index in [1.54, 1.807) is 12.1 Å². The molecule has 3 saturated carbocycles. The fourth-order valence-corrected chi connectivity index (χ4v) is 4.06. The van der Waals surface area contributed by atoms with Gasteiger partial charge in [0.1, 0.15) is 17.5 Å². The summed E-state index contributed by atoms with van der Waals surface area (Å²) in [5.41, 5.74) is 1.39. The van der Waals surface area contributed by atoms with Gasteiger partial charge in [-0.1, -0.05) is 25.5 Å². The first kappa shape index (κ1) is 13.7. The van der Waals surface area contributed by atoms with Gasteiger partial charge < -0.3 is 4.57 Å². The average molecular weight is 311 g/mol. The Balaban J connectivity index is 1.65. The smallest absolute Gasteiger partial charge is 0.143 e. The van der Waals surface area contributed by atoms with Crippen LogP contribution in [0.15, 0.2) is 24.3 Å². The van der Waals surface area contributed by atoms with E-state index >= 15 is 0 Å². The van der Waals surface area contributed by atoms with E-state index in [9.17, 15) is 4.39 Å². The molecule has 0 bridgehead atoms. The molecule has 0 amide bonds. The Morgan fingerprint density at radius 2 is 1.65 bits per heavy atom. The van der Waals surface area contributed by atoms with Crippen LogP contribution in [-0.2, 0) is 10.8 Å². The lowest BCUT2D eigenvalue weighted by Gasteiger charge is -2.41. The van der Waals surface area contributed by atoms with Gasteiger partial charge in [-0.25, -0.2) is 4.39 Å². The number of hydrogen-bond donors (Lipinski definition) is 0. The van der Waals surface area contributed by atoms with Crippen LogP contribution in [-0.4, -0.2) is 14.8 Å². The maximum atomic E-state index is 13.4. The SMILES string of the molecule is CC1(c2nnc(C3(c4ccc(F)cc4)CCC3)n2C2CC2)CC1. The van der Waals surface area contributed by atoms with Crippen LogP contribution in [0.25, 0.3) is 0 Å². The highest BCUT2D eigenvalue weighted by molar-refractivity contribution is 5.38. The highest BCUT2D eigenvalue weighted by Gasteiger charge is 2.51. The van der Waals surface area contributed by atoms with E-state index in [1.807, 2.05) is 12.1 Å². The van der Waals surface area contributed by atoms with Crippen molar-refractivity contribution in [2.45, 2.75) is 68.7 Å². The molecule has 120 valence electrons. The van der Waals surface area contributed by atoms with E-state index in [-0.39, 0.29) is 16.6 Å². The zero-order valence-electron chi connectivity index (χ0n) is 13.6. The summed E-state index contributed by atoms with van der Waals surface area (Å²) in [4.78, 5) is 0. The van der Waals surface area contributed by atoms with Gasteiger partial charge in [-0.2, -0.15) is 0 Å². The Morgan fingerprint density at radius 1 is 1.00 bits per heavy atom. The van der Waals surface area contributed by atoms with Crippen molar-refractivity contribution in [1.29, 1.82) is 0 Å². The minimum Gasteiger partial charge on any atom is -0.311 e. The van der Waals surface area contributed by atoms with E-state index < -0.39 is 0 Å². The maximum Gasteiger partial charge on any atom is 0.143 e. The van der Waals surface area contributed by atoms with Gasteiger partial charge in [0.15, 0.2) is 0 Å². The summed E-state index contributed by atoms with van der Waals surface area (Å²) in [6.07, 6.45) is 8.34. The molecule has 0 atom stereocenters. The van der Waals surface area contributed by atoms with Crippen LogP contribution in [0.1, 0.15) is 75.1 Å². The van der Waals surface area contributed by atoms with Crippen molar-refractivity contribution in [3.05, 3.63) is 47.3 Å². The first-order chi connectivity index (χ1) is 11.1. The molecule has 3 fully saturated rings. The Bertz CT molecular complexity index is 749. The van der Waals surface area contributed by atoms with E-state index in [0.29, 0.717) is 6.04 Å². The molecule has 0 saturated heterocycles. The van der Waals surface area contributed by atoms with Crippen molar-refractivity contribution in [3.8, 4) is 0 Å². The van der Waals surface area contributed by atoms with Crippen molar-refractivity contribution in [3.63, 3.8) is 0 Å². The Kier molecular flexibility index (Phi) is 2.64. The number of benzene rings is 1. The molecule has 0 aliphatic heterocycles. The molecule has 1 heterocycles. The van der Waals surface area contributed by atoms with Crippen LogP contribution in [0.5, 0.6) is 0 Å². The minimum atomic E-state index is -0.168. The zero-order valence-corrected chi connectivity index (χ0v) is 13.6. The standard InChI is InChI=1S/C19H22FN3/c1-18(11-12-18)16-21-22-17(23(16)15-7-8-15)19(9-2-10-19)13-3-5-14(20)6-4-13/h3-6,15H,2,7-12H2,1H3. The second kappa shape index (κ2) is 4.43. The van der Waals surface area contributed by atoms with Gasteiger partial charge in [0.25, 0.3) is 0 Å². The molecule has 2 aromatic rings. The van der Waals surface area contributed by atoms with Crippen LogP contribution in [0.3, 0.4) is 0 Å². The summed E-state index contributed by atoms with van der Waals surface area (Å²) >= 11 is 0. The molecular formula is C19H22FN3. The molecule has 0 N–H and O–H groups in total. The molecule has 1 aromatic carbocycles. The van der Waals surface area contributed by atoms with Crippen molar-refractivity contribution in [1.82, 2.24) is 14.8 Å². The van der Waals surface area contributed by atoms with Gasteiger partial charge in [0, 0.05) is 11.5 Å². The number of halogens is 1. The molecule has 3 aliphatic carbocycles. The molecule has 0 radical (unpaired) electrons. The lowest BCUT2D eigenvalue weighted by Crippen LogP contribution is -2.38. The molecule has 1 aromatic heterocycles. The fourth-order valence-electron chi connectivity index (χ4n) is 4.06. The predicted molar refractivity (Wildman–Crippen MR) is 85.9 cm³/mol. The summed E-state index contributed by atoms with van der Waals surface area (Å²) in [6.45, 7) is 2.31. The second-order valence-electron chi connectivity index (χ2n) is 7.95. The van der Waals surface area contributed by atoms with E-state index in [2.05, 4.69) is 16.6 Å². The van der Waals surface area contributed by atoms with E-state index in [0.717, 1.165) is 18.7 Å². The maximum absolute atomic E-state index is 13.4. The quantitative estimate of drug-likeness (QED) is 0.844. The lowest BCUT2D eigenvalue weighted by molar-refractivity contribution is 0.273. The number of hydrogen-bond acceptors (Lipinski definition) is 2. The van der Waals surface area contributed by atoms with Gasteiger partial charge in [-0.15, -0.1) is 10.2 Å². The molecule has 4 heteroatoms. The van der Waals surface area contributed by atoms with Crippen molar-refractivity contribution < 1.29 is 4.39 Å². The average Bonchev–Trinajstić information content (AvgIpc) is 3.42. The summed E-state index contributed by atoms with van der Waals surface area (Å²) in [5.74, 6) is 2.17. The topological polar surface area (TPSA) is 30.7 Å². The normalized spacial score (nSPS) is 24.3. The molecule has 5 rings (SSSR count). The summed E-state index contributed by atoms with van der Waals surface area (Å²) in [7, 11) is 0. The third-order valence-electron chi connectivity index (χ3n) is 6.18. The Morgan fingerprint density at radius 3 is 2.17 bits per heavy atom. The van der Waals surface area contributed by atoms with Crippen LogP contribution in [0.2, 0.25) is 0 Å². The van der Waals surface area contributed by atoms with Crippen molar-refractivity contribution >= 4 is 0 Å². The predicted octanol–water partition coefficient (Wildman–Crippen LogP) is 4.27. The van der Waals surface area contributed by atoms with Gasteiger partial charge in [0.05, 0.1) is 5.41 Å². The molecule has 3 nitrogen and oxygen atoms in total. The first-order valence-corrected chi connectivity index (χ1v) is 8.84. The summed E-state index contributed by atoms with van der Waals surface area (Å²) in [5, 5.41) is 9.34. The largest absolute Gasteiger partial charge is 0.311 e. The number of aromatic nitrogens is 3. The number of nitrogens with zero attached hydrogens (tertiary/aromatic N) is 3. The van der Waals surface area contributed by atoms with Gasteiger partial charge in [-0.3, -0.25) is 0 Å². The van der Waals surface area contributed by atoms with Crippen LogP contribution in [0.4, 0.5) is 4.39 Å². The van der Waals surface area contributed by atoms with Gasteiger partial charge in [-0.05, 0) is 56.2 Å².